The fraction of sp³-hybridized carbons (Fsp3) is 1.00. The Morgan fingerprint density at radius 2 is 1.29 bits per heavy atom. The van der Waals surface area contributed by atoms with Crippen LogP contribution >= 0.6 is 0 Å². The minimum atomic E-state index is -1.61. The number of hydrogen-bond acceptors (Lipinski definition) is 6. The minimum absolute atomic E-state index is 0.229. The quantitative estimate of drug-likeness (QED) is 0.280. The maximum Gasteiger partial charge on any atom is 0.111 e. The molecule has 86 valence electrons. The van der Waals surface area contributed by atoms with E-state index in [2.05, 4.69) is 0 Å². The number of nitrogens with two attached hydrogens (primary N) is 1. The standard InChI is InChI=1S/C8H19NO5/c1-2-4(10)6(12)8(14)7(13)5(11)3-9/h4-8,10-14H,2-3,9H2,1H3. The first kappa shape index (κ1) is 13.8. The highest BCUT2D eigenvalue weighted by atomic mass is 16.4. The van der Waals surface area contributed by atoms with Crippen LogP contribution in [0.1, 0.15) is 13.3 Å². The van der Waals surface area contributed by atoms with E-state index in [1.807, 2.05) is 0 Å². The van der Waals surface area contributed by atoms with E-state index in [4.69, 9.17) is 15.9 Å². The van der Waals surface area contributed by atoms with Gasteiger partial charge in [0, 0.05) is 6.54 Å². The summed E-state index contributed by atoms with van der Waals surface area (Å²) >= 11 is 0. The molecule has 0 heterocycles. The monoisotopic (exact) mass is 209 g/mol. The van der Waals surface area contributed by atoms with Crippen LogP contribution in [0.5, 0.6) is 0 Å². The van der Waals surface area contributed by atoms with Crippen molar-refractivity contribution in [2.75, 3.05) is 6.54 Å². The van der Waals surface area contributed by atoms with E-state index in [1.54, 1.807) is 6.92 Å². The average Bonchev–Trinajstić information content (AvgIpc) is 2.23. The second-order valence-corrected chi connectivity index (χ2v) is 3.25. The first-order valence-corrected chi connectivity index (χ1v) is 4.56. The summed E-state index contributed by atoms with van der Waals surface area (Å²) in [5.41, 5.74) is 5.05. The van der Waals surface area contributed by atoms with Gasteiger partial charge in [-0.15, -0.1) is 0 Å². The molecule has 0 fully saturated rings. The molecule has 7 N–H and O–H groups in total. The average molecular weight is 209 g/mol. The first-order valence-electron chi connectivity index (χ1n) is 4.56. The Kier molecular flexibility index (Phi) is 6.17. The Morgan fingerprint density at radius 3 is 1.64 bits per heavy atom. The summed E-state index contributed by atoms with van der Waals surface area (Å²) < 4.78 is 0. The van der Waals surface area contributed by atoms with Gasteiger partial charge in [-0.25, -0.2) is 0 Å². The Balaban J connectivity index is 4.22. The SMILES string of the molecule is CCC(O)C(O)C(O)C(O)C(O)CN. The molecule has 14 heavy (non-hydrogen) atoms. The topological polar surface area (TPSA) is 127 Å². The van der Waals surface area contributed by atoms with E-state index in [0.29, 0.717) is 0 Å². The lowest BCUT2D eigenvalue weighted by atomic mass is 9.98. The highest BCUT2D eigenvalue weighted by molar-refractivity contribution is 4.84. The zero-order chi connectivity index (χ0) is 11.3. The van der Waals surface area contributed by atoms with Gasteiger partial charge in [0.15, 0.2) is 0 Å². The van der Waals surface area contributed by atoms with Gasteiger partial charge >= 0.3 is 0 Å². The fourth-order valence-corrected chi connectivity index (χ4v) is 1.04. The third-order valence-electron chi connectivity index (χ3n) is 2.15. The summed E-state index contributed by atoms with van der Waals surface area (Å²) in [5.74, 6) is 0. The summed E-state index contributed by atoms with van der Waals surface area (Å²) in [7, 11) is 0. The van der Waals surface area contributed by atoms with Crippen molar-refractivity contribution in [3.05, 3.63) is 0 Å². The number of hydrogen-bond donors (Lipinski definition) is 6. The van der Waals surface area contributed by atoms with Crippen molar-refractivity contribution in [2.45, 2.75) is 43.9 Å². The van der Waals surface area contributed by atoms with E-state index in [0.717, 1.165) is 0 Å². The third-order valence-corrected chi connectivity index (χ3v) is 2.15. The number of aliphatic hydroxyl groups is 5. The molecule has 0 amide bonds. The molecule has 0 saturated heterocycles. The molecule has 0 saturated carbocycles. The maximum absolute atomic E-state index is 9.31. The Morgan fingerprint density at radius 1 is 0.857 bits per heavy atom. The predicted octanol–water partition coefficient (Wildman–Crippen LogP) is -2.84. The van der Waals surface area contributed by atoms with Crippen LogP contribution in [-0.2, 0) is 0 Å². The van der Waals surface area contributed by atoms with Crippen LogP contribution < -0.4 is 5.73 Å². The van der Waals surface area contributed by atoms with Crippen LogP contribution in [0.4, 0.5) is 0 Å². The van der Waals surface area contributed by atoms with E-state index < -0.39 is 30.5 Å². The van der Waals surface area contributed by atoms with Crippen LogP contribution in [0.25, 0.3) is 0 Å². The summed E-state index contributed by atoms with van der Waals surface area (Å²) in [5, 5.41) is 46.1. The van der Waals surface area contributed by atoms with Gasteiger partial charge in [-0.2, -0.15) is 0 Å². The molecule has 5 atom stereocenters. The van der Waals surface area contributed by atoms with E-state index in [9.17, 15) is 15.3 Å². The number of rotatable bonds is 6. The molecule has 0 aromatic heterocycles. The second kappa shape index (κ2) is 6.28. The van der Waals surface area contributed by atoms with Gasteiger partial charge in [0.25, 0.3) is 0 Å². The maximum atomic E-state index is 9.31. The highest BCUT2D eigenvalue weighted by Gasteiger charge is 2.32. The van der Waals surface area contributed by atoms with Crippen LogP contribution in [0.3, 0.4) is 0 Å². The molecule has 0 rings (SSSR count). The van der Waals surface area contributed by atoms with Crippen molar-refractivity contribution < 1.29 is 25.5 Å². The summed E-state index contributed by atoms with van der Waals surface area (Å²) in [6.45, 7) is 1.39. The molecule has 0 aliphatic carbocycles. The molecule has 6 nitrogen and oxygen atoms in total. The van der Waals surface area contributed by atoms with Crippen LogP contribution in [-0.4, -0.2) is 62.6 Å². The van der Waals surface area contributed by atoms with E-state index in [1.165, 1.54) is 0 Å². The normalized spacial score (nSPS) is 22.5. The molecule has 5 unspecified atom stereocenters. The van der Waals surface area contributed by atoms with Crippen molar-refractivity contribution in [1.82, 2.24) is 0 Å². The van der Waals surface area contributed by atoms with Gasteiger partial charge in [-0.05, 0) is 6.42 Å². The molecule has 0 aromatic rings. The summed E-state index contributed by atoms with van der Waals surface area (Å²) in [6, 6.07) is 0. The number of aliphatic hydroxyl groups excluding tert-OH is 5. The smallest absolute Gasteiger partial charge is 0.111 e. The molecule has 0 aliphatic heterocycles. The predicted molar refractivity (Wildman–Crippen MR) is 49.4 cm³/mol. The van der Waals surface area contributed by atoms with Gasteiger partial charge in [0.1, 0.15) is 18.3 Å². The summed E-state index contributed by atoms with van der Waals surface area (Å²) in [4.78, 5) is 0. The van der Waals surface area contributed by atoms with Crippen molar-refractivity contribution in [2.24, 2.45) is 5.73 Å². The molecular formula is C8H19NO5. The zero-order valence-corrected chi connectivity index (χ0v) is 8.11. The fourth-order valence-electron chi connectivity index (χ4n) is 1.04. The second-order valence-electron chi connectivity index (χ2n) is 3.25. The minimum Gasteiger partial charge on any atom is -0.390 e. The molecule has 0 aromatic carbocycles. The lowest BCUT2D eigenvalue weighted by molar-refractivity contribution is -0.132. The zero-order valence-electron chi connectivity index (χ0n) is 8.11. The lowest BCUT2D eigenvalue weighted by Gasteiger charge is -2.28. The Labute approximate surface area is 82.6 Å². The van der Waals surface area contributed by atoms with Crippen molar-refractivity contribution >= 4 is 0 Å². The Bertz CT molecular complexity index is 141. The molecular weight excluding hydrogens is 190 g/mol. The van der Waals surface area contributed by atoms with Gasteiger partial charge in [0.2, 0.25) is 0 Å². The molecule has 0 radical (unpaired) electrons. The van der Waals surface area contributed by atoms with Crippen molar-refractivity contribution in [3.63, 3.8) is 0 Å². The van der Waals surface area contributed by atoms with Gasteiger partial charge in [-0.3, -0.25) is 0 Å². The van der Waals surface area contributed by atoms with Crippen LogP contribution in [0.2, 0.25) is 0 Å². The van der Waals surface area contributed by atoms with Gasteiger partial charge in [0.05, 0.1) is 12.2 Å². The van der Waals surface area contributed by atoms with Crippen LogP contribution in [0, 0.1) is 0 Å². The van der Waals surface area contributed by atoms with Gasteiger partial charge in [-0.1, -0.05) is 6.92 Å². The highest BCUT2D eigenvalue weighted by Crippen LogP contribution is 2.09. The molecule has 0 bridgehead atoms. The Hall–Kier alpha value is -0.240. The third kappa shape index (κ3) is 3.49. The van der Waals surface area contributed by atoms with Crippen LogP contribution in [0.15, 0.2) is 0 Å². The largest absolute Gasteiger partial charge is 0.390 e. The summed E-state index contributed by atoms with van der Waals surface area (Å²) in [6.07, 6.45) is -6.87. The molecule has 6 heteroatoms. The molecule has 0 aliphatic rings. The first-order chi connectivity index (χ1) is 6.45. The van der Waals surface area contributed by atoms with E-state index in [-0.39, 0.29) is 13.0 Å². The van der Waals surface area contributed by atoms with Crippen molar-refractivity contribution in [1.29, 1.82) is 0 Å². The van der Waals surface area contributed by atoms with E-state index >= 15 is 0 Å². The lowest BCUT2D eigenvalue weighted by Crippen LogP contribution is -2.50. The molecule has 0 spiro atoms. The van der Waals surface area contributed by atoms with Crippen molar-refractivity contribution in [3.8, 4) is 0 Å². The van der Waals surface area contributed by atoms with Gasteiger partial charge < -0.3 is 31.3 Å².